The number of piperidine rings is 1. The number of para-hydroxylation sites is 3. The third-order valence-corrected chi connectivity index (χ3v) is 5.82. The van der Waals surface area contributed by atoms with Crippen LogP contribution in [-0.2, 0) is 4.79 Å². The van der Waals surface area contributed by atoms with Gasteiger partial charge in [0.05, 0.1) is 22.5 Å². The second-order valence-electron chi connectivity index (χ2n) is 7.92. The third kappa shape index (κ3) is 3.85. The lowest BCUT2D eigenvalue weighted by atomic mass is 9.96. The molecule has 7 nitrogen and oxygen atoms in total. The van der Waals surface area contributed by atoms with Crippen molar-refractivity contribution >= 4 is 28.5 Å². The Hall–Kier alpha value is -4.00. The molecule has 1 fully saturated rings. The number of anilines is 1. The monoisotopic (exact) mass is 425 g/mol. The van der Waals surface area contributed by atoms with Crippen LogP contribution in [0.2, 0.25) is 0 Å². The maximum Gasteiger partial charge on any atom is 0.257 e. The van der Waals surface area contributed by atoms with Gasteiger partial charge in [-0.3, -0.25) is 14.2 Å². The molecule has 0 spiro atoms. The number of benzene rings is 2. The van der Waals surface area contributed by atoms with Crippen molar-refractivity contribution in [3.63, 3.8) is 0 Å². The molecule has 1 N–H and O–H groups in total. The first-order valence-corrected chi connectivity index (χ1v) is 10.7. The highest BCUT2D eigenvalue weighted by Crippen LogP contribution is 2.24. The summed E-state index contributed by atoms with van der Waals surface area (Å²) in [6.45, 7) is 1.00. The van der Waals surface area contributed by atoms with E-state index in [1.54, 1.807) is 29.6 Å². The topological polar surface area (TPSA) is 80.1 Å². The summed E-state index contributed by atoms with van der Waals surface area (Å²) in [5.74, 6) is 0.118. The van der Waals surface area contributed by atoms with E-state index in [-0.39, 0.29) is 17.7 Å². The molecule has 0 unspecified atom stereocenters. The number of rotatable bonds is 4. The maximum absolute atomic E-state index is 13.5. The van der Waals surface area contributed by atoms with Crippen LogP contribution in [0.15, 0.2) is 79.3 Å². The first kappa shape index (κ1) is 19.9. The number of imidazole rings is 1. The number of aromatic nitrogens is 3. The van der Waals surface area contributed by atoms with Crippen molar-refractivity contribution in [2.75, 3.05) is 18.4 Å². The highest BCUT2D eigenvalue weighted by Gasteiger charge is 2.30. The van der Waals surface area contributed by atoms with Gasteiger partial charge in [-0.1, -0.05) is 30.3 Å². The SMILES string of the molecule is O=C(Nc1ccccc1)[C@H]1CCCN(C(=O)c2cccnc2-n2cnc3ccccc32)C1. The Morgan fingerprint density at radius 2 is 1.75 bits per heavy atom. The zero-order valence-electron chi connectivity index (χ0n) is 17.5. The number of carbonyl (C=O) groups is 2. The van der Waals surface area contributed by atoms with Gasteiger partial charge >= 0.3 is 0 Å². The van der Waals surface area contributed by atoms with Gasteiger partial charge < -0.3 is 10.2 Å². The lowest BCUT2D eigenvalue weighted by molar-refractivity contribution is -0.121. The normalized spacial score (nSPS) is 16.1. The van der Waals surface area contributed by atoms with Crippen LogP contribution in [0.4, 0.5) is 5.69 Å². The van der Waals surface area contributed by atoms with Gasteiger partial charge in [0.1, 0.15) is 6.33 Å². The lowest BCUT2D eigenvalue weighted by Crippen LogP contribution is -2.44. The van der Waals surface area contributed by atoms with E-state index >= 15 is 0 Å². The van der Waals surface area contributed by atoms with Crippen LogP contribution in [-0.4, -0.2) is 44.3 Å². The molecule has 0 bridgehead atoms. The van der Waals surface area contributed by atoms with Crippen molar-refractivity contribution in [1.29, 1.82) is 0 Å². The first-order chi connectivity index (χ1) is 15.7. The van der Waals surface area contributed by atoms with E-state index in [1.165, 1.54) is 0 Å². The Balaban J connectivity index is 1.38. The molecule has 2 aromatic heterocycles. The smallest absolute Gasteiger partial charge is 0.257 e. The predicted molar refractivity (Wildman–Crippen MR) is 123 cm³/mol. The average molecular weight is 425 g/mol. The van der Waals surface area contributed by atoms with E-state index in [0.717, 1.165) is 29.6 Å². The van der Waals surface area contributed by atoms with Gasteiger partial charge in [0.25, 0.3) is 5.91 Å². The first-order valence-electron chi connectivity index (χ1n) is 10.7. The minimum absolute atomic E-state index is 0.0549. The van der Waals surface area contributed by atoms with E-state index in [0.29, 0.717) is 24.5 Å². The van der Waals surface area contributed by atoms with Crippen molar-refractivity contribution in [2.24, 2.45) is 5.92 Å². The number of amides is 2. The van der Waals surface area contributed by atoms with Gasteiger partial charge in [-0.15, -0.1) is 0 Å². The highest BCUT2D eigenvalue weighted by atomic mass is 16.2. The molecule has 5 rings (SSSR count). The van der Waals surface area contributed by atoms with Crippen LogP contribution in [0.3, 0.4) is 0 Å². The molecule has 1 saturated heterocycles. The fourth-order valence-electron chi connectivity index (χ4n) is 4.20. The summed E-state index contributed by atoms with van der Waals surface area (Å²) in [6.07, 6.45) is 4.90. The van der Waals surface area contributed by atoms with E-state index < -0.39 is 0 Å². The standard InChI is InChI=1S/C25H23N5O2/c31-24(28-19-9-2-1-3-10-19)18-8-7-15-29(16-18)25(32)20-11-6-14-26-23(20)30-17-27-21-12-4-5-13-22(21)30/h1-6,9-14,17-18H,7-8,15-16H2,(H,28,31)/t18-/m0/s1. The van der Waals surface area contributed by atoms with Crippen molar-refractivity contribution in [3.05, 3.63) is 84.8 Å². The number of likely N-dealkylation sites (tertiary alicyclic amines) is 1. The number of hydrogen-bond acceptors (Lipinski definition) is 4. The largest absolute Gasteiger partial charge is 0.338 e. The average Bonchev–Trinajstić information content (AvgIpc) is 3.28. The zero-order valence-corrected chi connectivity index (χ0v) is 17.5. The molecule has 0 saturated carbocycles. The summed E-state index contributed by atoms with van der Waals surface area (Å²) in [5, 5.41) is 2.96. The van der Waals surface area contributed by atoms with Gasteiger partial charge in [0.15, 0.2) is 5.82 Å². The van der Waals surface area contributed by atoms with Crippen LogP contribution < -0.4 is 5.32 Å². The molecule has 7 heteroatoms. The van der Waals surface area contributed by atoms with Crippen LogP contribution in [0.25, 0.3) is 16.9 Å². The highest BCUT2D eigenvalue weighted by molar-refractivity contribution is 5.99. The molecule has 1 aliphatic rings. The number of fused-ring (bicyclic) bond motifs is 1. The molecule has 1 aliphatic heterocycles. The predicted octanol–water partition coefficient (Wildman–Crippen LogP) is 3.91. The lowest BCUT2D eigenvalue weighted by Gasteiger charge is -2.32. The van der Waals surface area contributed by atoms with Gasteiger partial charge in [0.2, 0.25) is 5.91 Å². The Bertz CT molecular complexity index is 1270. The van der Waals surface area contributed by atoms with Gasteiger partial charge in [-0.05, 0) is 49.2 Å². The van der Waals surface area contributed by atoms with Gasteiger partial charge in [0, 0.05) is 25.0 Å². The Morgan fingerprint density at radius 3 is 2.62 bits per heavy atom. The van der Waals surface area contributed by atoms with Crippen molar-refractivity contribution in [3.8, 4) is 5.82 Å². The second-order valence-corrected chi connectivity index (χ2v) is 7.92. The molecular formula is C25H23N5O2. The van der Waals surface area contributed by atoms with Gasteiger partial charge in [-0.2, -0.15) is 0 Å². The summed E-state index contributed by atoms with van der Waals surface area (Å²) in [5.41, 5.74) is 2.99. The van der Waals surface area contributed by atoms with Crippen LogP contribution in [0, 0.1) is 5.92 Å². The minimum Gasteiger partial charge on any atom is -0.338 e. The Kier molecular flexibility index (Phi) is 5.37. The van der Waals surface area contributed by atoms with Crippen molar-refractivity contribution < 1.29 is 9.59 Å². The van der Waals surface area contributed by atoms with E-state index in [1.807, 2.05) is 59.2 Å². The molecule has 3 heterocycles. The molecule has 32 heavy (non-hydrogen) atoms. The fraction of sp³-hybridized carbons (Fsp3) is 0.200. The van der Waals surface area contributed by atoms with Crippen LogP contribution in [0.1, 0.15) is 23.2 Å². The minimum atomic E-state index is -0.248. The Morgan fingerprint density at radius 1 is 0.938 bits per heavy atom. The molecule has 2 amide bonds. The molecule has 2 aromatic carbocycles. The molecular weight excluding hydrogens is 402 g/mol. The molecule has 160 valence electrons. The molecule has 4 aromatic rings. The quantitative estimate of drug-likeness (QED) is 0.538. The summed E-state index contributed by atoms with van der Waals surface area (Å²) in [7, 11) is 0. The second kappa shape index (κ2) is 8.63. The van der Waals surface area contributed by atoms with Gasteiger partial charge in [-0.25, -0.2) is 9.97 Å². The molecule has 0 radical (unpaired) electrons. The Labute approximate surface area is 185 Å². The number of hydrogen-bond donors (Lipinski definition) is 1. The molecule has 1 atom stereocenters. The number of nitrogens with zero attached hydrogens (tertiary/aromatic N) is 4. The molecule has 0 aliphatic carbocycles. The zero-order chi connectivity index (χ0) is 21.9. The number of nitrogens with one attached hydrogen (secondary N) is 1. The van der Waals surface area contributed by atoms with Crippen molar-refractivity contribution in [1.82, 2.24) is 19.4 Å². The van der Waals surface area contributed by atoms with E-state index in [2.05, 4.69) is 15.3 Å². The maximum atomic E-state index is 13.5. The fourth-order valence-corrected chi connectivity index (χ4v) is 4.20. The van der Waals surface area contributed by atoms with Crippen LogP contribution >= 0.6 is 0 Å². The van der Waals surface area contributed by atoms with E-state index in [9.17, 15) is 9.59 Å². The summed E-state index contributed by atoms with van der Waals surface area (Å²) in [4.78, 5) is 37.0. The number of carbonyl (C=O) groups excluding carboxylic acids is 2. The number of pyridine rings is 1. The van der Waals surface area contributed by atoms with Crippen LogP contribution in [0.5, 0.6) is 0 Å². The summed E-state index contributed by atoms with van der Waals surface area (Å²) in [6, 6.07) is 20.7. The summed E-state index contributed by atoms with van der Waals surface area (Å²) >= 11 is 0. The summed E-state index contributed by atoms with van der Waals surface area (Å²) < 4.78 is 1.84. The van der Waals surface area contributed by atoms with Crippen molar-refractivity contribution in [2.45, 2.75) is 12.8 Å². The third-order valence-electron chi connectivity index (χ3n) is 5.82. The van der Waals surface area contributed by atoms with E-state index in [4.69, 9.17) is 0 Å².